The maximum Gasteiger partial charge on any atom is 0.266 e. The second kappa shape index (κ2) is 7.00. The molecule has 0 bridgehead atoms. The molecule has 1 fully saturated rings. The first-order chi connectivity index (χ1) is 12.0. The average molecular weight is 362 g/mol. The number of nitrogens with zero attached hydrogens (tertiary/aromatic N) is 1. The number of anilines is 1. The molecule has 8 heteroatoms. The Morgan fingerprint density at radius 2 is 1.80 bits per heavy atom. The van der Waals surface area contributed by atoms with E-state index in [4.69, 9.17) is 11.6 Å². The minimum absolute atomic E-state index is 0.126. The molecule has 1 unspecified atom stereocenters. The maximum atomic E-state index is 13.0. The molecule has 0 saturated carbocycles. The largest absolute Gasteiger partial charge is 0.287 e. The fourth-order valence-corrected chi connectivity index (χ4v) is 2.69. The van der Waals surface area contributed by atoms with Crippen LogP contribution in [-0.4, -0.2) is 23.8 Å². The first kappa shape index (κ1) is 17.1. The summed E-state index contributed by atoms with van der Waals surface area (Å²) in [5, 5.41) is 0.267. The molecule has 2 aromatic rings. The molecule has 1 heterocycles. The molecule has 128 valence electrons. The number of benzene rings is 2. The number of hydrogen-bond acceptors (Lipinski definition) is 4. The summed E-state index contributed by atoms with van der Waals surface area (Å²) in [5.74, 6) is -1.97. The molecule has 0 aliphatic carbocycles. The minimum Gasteiger partial charge on any atom is -0.287 e. The number of halogens is 2. The minimum atomic E-state index is -0.913. The van der Waals surface area contributed by atoms with Crippen LogP contribution in [0.4, 0.5) is 10.1 Å². The van der Waals surface area contributed by atoms with Gasteiger partial charge in [0.25, 0.3) is 11.8 Å². The Kier molecular flexibility index (Phi) is 4.78. The Bertz CT molecular complexity index is 841. The Hall–Kier alpha value is -2.77. The van der Waals surface area contributed by atoms with E-state index in [1.54, 1.807) is 18.2 Å². The van der Waals surface area contributed by atoms with Gasteiger partial charge in [-0.05, 0) is 36.4 Å². The summed E-state index contributed by atoms with van der Waals surface area (Å²) >= 11 is 5.93. The third-order valence-corrected chi connectivity index (χ3v) is 4.04. The number of amides is 3. The maximum absolute atomic E-state index is 13.0. The normalized spacial score (nSPS) is 17.0. The van der Waals surface area contributed by atoms with Crippen molar-refractivity contribution in [3.8, 4) is 0 Å². The van der Waals surface area contributed by atoms with Crippen molar-refractivity contribution in [2.24, 2.45) is 0 Å². The molecule has 25 heavy (non-hydrogen) atoms. The Balaban J connectivity index is 1.67. The lowest BCUT2D eigenvalue weighted by Crippen LogP contribution is -2.48. The highest BCUT2D eigenvalue weighted by Crippen LogP contribution is 2.23. The fraction of sp³-hybridized carbons (Fsp3) is 0.118. The van der Waals surface area contributed by atoms with Crippen molar-refractivity contribution in [3.63, 3.8) is 0 Å². The summed E-state index contributed by atoms with van der Waals surface area (Å²) in [6.45, 7) is 0. The molecule has 2 N–H and O–H groups in total. The van der Waals surface area contributed by atoms with Gasteiger partial charge >= 0.3 is 0 Å². The molecule has 2 aromatic carbocycles. The molecule has 1 aliphatic heterocycles. The van der Waals surface area contributed by atoms with E-state index in [2.05, 4.69) is 10.9 Å². The third kappa shape index (κ3) is 3.52. The average Bonchev–Trinajstić information content (AvgIpc) is 2.88. The van der Waals surface area contributed by atoms with Crippen LogP contribution in [0.2, 0.25) is 5.02 Å². The zero-order chi connectivity index (χ0) is 18.0. The zero-order valence-corrected chi connectivity index (χ0v) is 13.6. The van der Waals surface area contributed by atoms with E-state index in [-0.39, 0.29) is 22.7 Å². The number of nitrogens with one attached hydrogen (secondary N) is 2. The standard InChI is InChI=1S/C17H13ClFN3O3/c18-13-4-2-1-3-12(13)16(24)21-20-14-9-15(23)22(17(14)25)11-7-5-10(19)6-8-11/h1-8,14,20H,9H2,(H,21,24). The third-order valence-electron chi connectivity index (χ3n) is 3.71. The summed E-state index contributed by atoms with van der Waals surface area (Å²) < 4.78 is 13.0. The van der Waals surface area contributed by atoms with Crippen molar-refractivity contribution in [2.45, 2.75) is 12.5 Å². The number of imide groups is 1. The van der Waals surface area contributed by atoms with Gasteiger partial charge in [0.2, 0.25) is 5.91 Å². The summed E-state index contributed by atoms with van der Waals surface area (Å²) in [6, 6.07) is 10.5. The van der Waals surface area contributed by atoms with E-state index >= 15 is 0 Å². The number of hydrogen-bond donors (Lipinski definition) is 2. The van der Waals surface area contributed by atoms with Crippen LogP contribution in [0.5, 0.6) is 0 Å². The SMILES string of the molecule is O=C(NNC1CC(=O)N(c2ccc(F)cc2)C1=O)c1ccccc1Cl. The predicted molar refractivity (Wildman–Crippen MR) is 89.4 cm³/mol. The summed E-state index contributed by atoms with van der Waals surface area (Å²) in [5.41, 5.74) is 5.45. The molecule has 1 aliphatic rings. The first-order valence-corrected chi connectivity index (χ1v) is 7.78. The van der Waals surface area contributed by atoms with Gasteiger partial charge in [-0.15, -0.1) is 0 Å². The highest BCUT2D eigenvalue weighted by molar-refractivity contribution is 6.33. The first-order valence-electron chi connectivity index (χ1n) is 7.40. The van der Waals surface area contributed by atoms with Crippen molar-refractivity contribution in [1.29, 1.82) is 0 Å². The Morgan fingerprint density at radius 1 is 1.12 bits per heavy atom. The van der Waals surface area contributed by atoms with Gasteiger partial charge in [-0.25, -0.2) is 14.7 Å². The van der Waals surface area contributed by atoms with Gasteiger partial charge in [-0.3, -0.25) is 19.8 Å². The molecule has 0 aromatic heterocycles. The van der Waals surface area contributed by atoms with Crippen molar-refractivity contribution < 1.29 is 18.8 Å². The van der Waals surface area contributed by atoms with Crippen molar-refractivity contribution in [2.75, 3.05) is 4.90 Å². The van der Waals surface area contributed by atoms with E-state index < -0.39 is 29.6 Å². The topological polar surface area (TPSA) is 78.5 Å². The molecular weight excluding hydrogens is 349 g/mol. The van der Waals surface area contributed by atoms with E-state index in [9.17, 15) is 18.8 Å². The fourth-order valence-electron chi connectivity index (χ4n) is 2.47. The predicted octanol–water partition coefficient (Wildman–Crippen LogP) is 2.05. The lowest BCUT2D eigenvalue weighted by atomic mass is 10.2. The second-order valence-electron chi connectivity index (χ2n) is 5.38. The lowest BCUT2D eigenvalue weighted by molar-refractivity contribution is -0.121. The molecule has 1 saturated heterocycles. The van der Waals surface area contributed by atoms with Crippen molar-refractivity contribution in [1.82, 2.24) is 10.9 Å². The van der Waals surface area contributed by atoms with Crippen LogP contribution >= 0.6 is 11.6 Å². The van der Waals surface area contributed by atoms with Crippen LogP contribution in [0.1, 0.15) is 16.8 Å². The van der Waals surface area contributed by atoms with Gasteiger partial charge < -0.3 is 0 Å². The number of rotatable bonds is 4. The number of carbonyl (C=O) groups excluding carboxylic acids is 3. The van der Waals surface area contributed by atoms with Gasteiger partial charge in [-0.2, -0.15) is 0 Å². The van der Waals surface area contributed by atoms with Gasteiger partial charge in [0.05, 0.1) is 22.7 Å². The number of hydrazine groups is 1. The van der Waals surface area contributed by atoms with E-state index in [0.717, 1.165) is 17.0 Å². The zero-order valence-electron chi connectivity index (χ0n) is 12.8. The van der Waals surface area contributed by atoms with Gasteiger partial charge in [0, 0.05) is 0 Å². The molecule has 3 amide bonds. The van der Waals surface area contributed by atoms with Gasteiger partial charge in [0.15, 0.2) is 0 Å². The van der Waals surface area contributed by atoms with Crippen LogP contribution in [0.25, 0.3) is 0 Å². The number of carbonyl (C=O) groups is 3. The van der Waals surface area contributed by atoms with Gasteiger partial charge in [0.1, 0.15) is 11.9 Å². The van der Waals surface area contributed by atoms with E-state index in [1.165, 1.54) is 18.2 Å². The van der Waals surface area contributed by atoms with Crippen molar-refractivity contribution >= 4 is 35.0 Å². The van der Waals surface area contributed by atoms with Crippen LogP contribution in [0.3, 0.4) is 0 Å². The molecule has 0 radical (unpaired) electrons. The van der Waals surface area contributed by atoms with E-state index in [1.807, 2.05) is 0 Å². The van der Waals surface area contributed by atoms with Crippen molar-refractivity contribution in [3.05, 3.63) is 64.9 Å². The Labute approximate surface area is 147 Å². The summed E-state index contributed by atoms with van der Waals surface area (Å²) in [7, 11) is 0. The second-order valence-corrected chi connectivity index (χ2v) is 5.79. The monoisotopic (exact) mass is 361 g/mol. The van der Waals surface area contributed by atoms with Crippen LogP contribution in [-0.2, 0) is 9.59 Å². The van der Waals surface area contributed by atoms with Crippen LogP contribution < -0.4 is 15.8 Å². The molecule has 6 nitrogen and oxygen atoms in total. The highest BCUT2D eigenvalue weighted by Gasteiger charge is 2.39. The van der Waals surface area contributed by atoms with Crippen LogP contribution in [0, 0.1) is 5.82 Å². The van der Waals surface area contributed by atoms with Gasteiger partial charge in [-0.1, -0.05) is 23.7 Å². The summed E-state index contributed by atoms with van der Waals surface area (Å²) in [4.78, 5) is 37.5. The summed E-state index contributed by atoms with van der Waals surface area (Å²) in [6.07, 6.45) is -0.126. The van der Waals surface area contributed by atoms with Crippen LogP contribution in [0.15, 0.2) is 48.5 Å². The molecular formula is C17H13ClFN3O3. The lowest BCUT2D eigenvalue weighted by Gasteiger charge is -2.16. The quantitative estimate of drug-likeness (QED) is 0.645. The highest BCUT2D eigenvalue weighted by atomic mass is 35.5. The molecule has 3 rings (SSSR count). The smallest absolute Gasteiger partial charge is 0.266 e. The molecule has 0 spiro atoms. The van der Waals surface area contributed by atoms with E-state index in [0.29, 0.717) is 0 Å². The molecule has 1 atom stereocenters. The Morgan fingerprint density at radius 3 is 2.48 bits per heavy atom.